The summed E-state index contributed by atoms with van der Waals surface area (Å²) in [4.78, 5) is 14.9. The van der Waals surface area contributed by atoms with Gasteiger partial charge in [0.25, 0.3) is 5.56 Å². The van der Waals surface area contributed by atoms with Crippen molar-refractivity contribution >= 4 is 5.69 Å². The second-order valence-electron chi connectivity index (χ2n) is 8.49. The molecule has 3 aromatic rings. The highest BCUT2D eigenvalue weighted by atomic mass is 16.5. The summed E-state index contributed by atoms with van der Waals surface area (Å²) in [6.07, 6.45) is 2.81. The lowest BCUT2D eigenvalue weighted by molar-refractivity contribution is -0.0186. The Balaban J connectivity index is 1.35. The highest BCUT2D eigenvalue weighted by Gasteiger charge is 2.48. The maximum absolute atomic E-state index is 12.7. The minimum Gasteiger partial charge on any atom is -0.371 e. The summed E-state index contributed by atoms with van der Waals surface area (Å²) in [7, 11) is 0. The Morgan fingerprint density at radius 3 is 2.73 bits per heavy atom. The van der Waals surface area contributed by atoms with E-state index in [1.54, 1.807) is 12.3 Å². The third-order valence-electron chi connectivity index (χ3n) is 5.91. The van der Waals surface area contributed by atoms with Gasteiger partial charge in [0.2, 0.25) is 0 Å². The molecule has 30 heavy (non-hydrogen) atoms. The number of ether oxygens (including phenoxy) is 1. The number of aryl methyl sites for hydroxylation is 2. The molecule has 0 saturated carbocycles. The van der Waals surface area contributed by atoms with Crippen LogP contribution in [0.4, 0.5) is 5.69 Å². The number of anilines is 1. The third kappa shape index (κ3) is 3.28. The Morgan fingerprint density at radius 1 is 1.23 bits per heavy atom. The van der Waals surface area contributed by atoms with E-state index in [-0.39, 0.29) is 17.7 Å². The first-order valence-corrected chi connectivity index (χ1v) is 10.1. The lowest BCUT2D eigenvalue weighted by Gasteiger charge is -2.48. The summed E-state index contributed by atoms with van der Waals surface area (Å²) in [5.74, 6) is 1.22. The number of hydrogen-bond donors (Lipinski definition) is 0. The molecule has 9 heteroatoms. The van der Waals surface area contributed by atoms with E-state index < -0.39 is 0 Å². The van der Waals surface area contributed by atoms with Crippen LogP contribution in [0.15, 0.2) is 33.7 Å². The van der Waals surface area contributed by atoms with Gasteiger partial charge in [0.1, 0.15) is 22.7 Å². The van der Waals surface area contributed by atoms with Gasteiger partial charge in [-0.15, -0.1) is 5.10 Å². The zero-order valence-corrected chi connectivity index (χ0v) is 17.3. The normalized spacial score (nSPS) is 20.0. The van der Waals surface area contributed by atoms with Crippen molar-refractivity contribution in [2.45, 2.75) is 39.3 Å². The molecule has 3 aromatic heterocycles. The summed E-state index contributed by atoms with van der Waals surface area (Å²) in [5, 5.41) is 16.8. The maximum atomic E-state index is 12.7. The van der Waals surface area contributed by atoms with Gasteiger partial charge in [0.15, 0.2) is 0 Å². The highest BCUT2D eigenvalue weighted by Crippen LogP contribution is 2.39. The third-order valence-corrected chi connectivity index (χ3v) is 5.91. The van der Waals surface area contributed by atoms with Crippen molar-refractivity contribution in [1.82, 2.24) is 25.1 Å². The fourth-order valence-electron chi connectivity index (χ4n) is 4.29. The zero-order chi connectivity index (χ0) is 20.9. The van der Waals surface area contributed by atoms with Gasteiger partial charge >= 0.3 is 0 Å². The SMILES string of the molecule is Cc1ccc(-c2noc(C)c2Cn2ncc(N3CC4(CC(C)CO4)C3)cc2=O)nn1. The Hall–Kier alpha value is -3.07. The van der Waals surface area contributed by atoms with Crippen LogP contribution in [0.2, 0.25) is 0 Å². The molecular weight excluding hydrogens is 384 g/mol. The summed E-state index contributed by atoms with van der Waals surface area (Å²) in [6, 6.07) is 5.34. The predicted octanol–water partition coefficient (Wildman–Crippen LogP) is 1.97. The quantitative estimate of drug-likeness (QED) is 0.646. The molecular formula is C21H24N6O3. The van der Waals surface area contributed by atoms with Crippen LogP contribution < -0.4 is 10.5 Å². The molecule has 0 aromatic carbocycles. The molecule has 2 aliphatic rings. The van der Waals surface area contributed by atoms with E-state index in [1.807, 2.05) is 26.0 Å². The molecule has 1 spiro atoms. The van der Waals surface area contributed by atoms with Gasteiger partial charge in [-0.1, -0.05) is 12.1 Å². The standard InChI is InChI=1S/C21H24N6O3/c1-13-7-21(29-10-13)11-26(12-21)16-6-19(28)27(22-8-16)9-17-15(3)30-25-20(17)18-5-4-14(2)23-24-18/h4-6,8,13H,7,9-12H2,1-3H3. The van der Waals surface area contributed by atoms with Gasteiger partial charge in [0, 0.05) is 24.7 Å². The van der Waals surface area contributed by atoms with Crippen LogP contribution in [0, 0.1) is 19.8 Å². The molecule has 0 N–H and O–H groups in total. The molecule has 1 unspecified atom stereocenters. The van der Waals surface area contributed by atoms with Crippen LogP contribution in [0.5, 0.6) is 0 Å². The fourth-order valence-corrected chi connectivity index (χ4v) is 4.29. The molecule has 0 amide bonds. The number of hydrogen-bond acceptors (Lipinski definition) is 8. The Labute approximate surface area is 173 Å². The largest absolute Gasteiger partial charge is 0.371 e. The number of nitrogens with zero attached hydrogens (tertiary/aromatic N) is 6. The smallest absolute Gasteiger partial charge is 0.269 e. The summed E-state index contributed by atoms with van der Waals surface area (Å²) < 4.78 is 12.7. The van der Waals surface area contributed by atoms with Crippen molar-refractivity contribution in [3.8, 4) is 11.4 Å². The van der Waals surface area contributed by atoms with E-state index in [0.717, 1.165) is 43.1 Å². The minimum absolute atomic E-state index is 0.0438. The van der Waals surface area contributed by atoms with Gasteiger partial charge < -0.3 is 14.2 Å². The minimum atomic E-state index is -0.171. The van der Waals surface area contributed by atoms with Gasteiger partial charge in [-0.2, -0.15) is 10.2 Å². The van der Waals surface area contributed by atoms with Crippen molar-refractivity contribution in [1.29, 1.82) is 0 Å². The second-order valence-corrected chi connectivity index (χ2v) is 8.49. The lowest BCUT2D eigenvalue weighted by Crippen LogP contribution is -2.62. The van der Waals surface area contributed by atoms with Crippen LogP contribution in [0.3, 0.4) is 0 Å². The van der Waals surface area contributed by atoms with Crippen molar-refractivity contribution in [2.24, 2.45) is 5.92 Å². The molecule has 0 radical (unpaired) electrons. The van der Waals surface area contributed by atoms with Crippen molar-refractivity contribution in [2.75, 3.05) is 24.6 Å². The van der Waals surface area contributed by atoms with Crippen molar-refractivity contribution in [3.05, 3.63) is 51.8 Å². The van der Waals surface area contributed by atoms with E-state index >= 15 is 0 Å². The Kier molecular flexibility index (Phi) is 4.43. The first-order valence-electron chi connectivity index (χ1n) is 10.1. The Bertz CT molecular complexity index is 1130. The van der Waals surface area contributed by atoms with E-state index in [9.17, 15) is 4.79 Å². The summed E-state index contributed by atoms with van der Waals surface area (Å²) in [6.45, 7) is 8.59. The van der Waals surface area contributed by atoms with Crippen LogP contribution in [0.1, 0.15) is 30.4 Å². The van der Waals surface area contributed by atoms with E-state index in [2.05, 4.69) is 32.3 Å². The first-order chi connectivity index (χ1) is 14.4. The summed E-state index contributed by atoms with van der Waals surface area (Å²) >= 11 is 0. The maximum Gasteiger partial charge on any atom is 0.269 e. The van der Waals surface area contributed by atoms with Gasteiger partial charge in [-0.3, -0.25) is 4.79 Å². The number of rotatable bonds is 4. The first kappa shape index (κ1) is 18.9. The monoisotopic (exact) mass is 408 g/mol. The summed E-state index contributed by atoms with van der Waals surface area (Å²) in [5.41, 5.74) is 3.39. The molecule has 2 saturated heterocycles. The predicted molar refractivity (Wildman–Crippen MR) is 109 cm³/mol. The van der Waals surface area contributed by atoms with E-state index in [1.165, 1.54) is 4.68 Å². The molecule has 0 aliphatic carbocycles. The zero-order valence-electron chi connectivity index (χ0n) is 17.3. The average molecular weight is 408 g/mol. The molecule has 0 bridgehead atoms. The lowest BCUT2D eigenvalue weighted by atomic mass is 9.87. The molecule has 1 atom stereocenters. The molecule has 156 valence electrons. The Morgan fingerprint density at radius 2 is 2.07 bits per heavy atom. The van der Waals surface area contributed by atoms with Crippen LogP contribution >= 0.6 is 0 Å². The topological polar surface area (TPSA) is 99.2 Å². The van der Waals surface area contributed by atoms with Crippen LogP contribution in [0.25, 0.3) is 11.4 Å². The van der Waals surface area contributed by atoms with Crippen molar-refractivity contribution < 1.29 is 9.26 Å². The molecule has 9 nitrogen and oxygen atoms in total. The van der Waals surface area contributed by atoms with Crippen molar-refractivity contribution in [3.63, 3.8) is 0 Å². The average Bonchev–Trinajstić information content (AvgIpc) is 3.26. The van der Waals surface area contributed by atoms with E-state index in [0.29, 0.717) is 23.1 Å². The molecule has 2 fully saturated rings. The number of aromatic nitrogens is 5. The molecule has 5 rings (SSSR count). The fraction of sp³-hybridized carbons (Fsp3) is 0.476. The van der Waals surface area contributed by atoms with E-state index in [4.69, 9.17) is 9.26 Å². The molecule has 2 aliphatic heterocycles. The van der Waals surface area contributed by atoms with Gasteiger partial charge in [-0.05, 0) is 38.3 Å². The highest BCUT2D eigenvalue weighted by molar-refractivity contribution is 5.58. The van der Waals surface area contributed by atoms with Crippen LogP contribution in [-0.4, -0.2) is 50.4 Å². The second kappa shape index (κ2) is 7.02. The van der Waals surface area contributed by atoms with Gasteiger partial charge in [-0.25, -0.2) is 4.68 Å². The van der Waals surface area contributed by atoms with Gasteiger partial charge in [0.05, 0.1) is 30.7 Å². The molecule has 5 heterocycles. The van der Waals surface area contributed by atoms with Crippen LogP contribution in [-0.2, 0) is 11.3 Å².